The van der Waals surface area contributed by atoms with Crippen molar-refractivity contribution in [2.24, 2.45) is 5.10 Å². The Hall–Kier alpha value is -2.60. The van der Waals surface area contributed by atoms with Crippen molar-refractivity contribution in [3.05, 3.63) is 65.7 Å². The molecule has 0 aromatic heterocycles. The molecule has 0 saturated heterocycles. The fourth-order valence-corrected chi connectivity index (χ4v) is 1.51. The summed E-state index contributed by atoms with van der Waals surface area (Å²) in [5.41, 5.74) is 6.48. The molecule has 0 amide bonds. The Labute approximate surface area is 106 Å². The Bertz CT molecular complexity index is 577. The molecule has 0 aliphatic rings. The molecule has 0 spiro atoms. The van der Waals surface area contributed by atoms with Crippen LogP contribution in [-0.2, 0) is 0 Å². The number of nitriles is 1. The van der Waals surface area contributed by atoms with E-state index >= 15 is 0 Å². The van der Waals surface area contributed by atoms with Gasteiger partial charge in [0, 0.05) is 0 Å². The highest BCUT2D eigenvalue weighted by molar-refractivity contribution is 5.99. The first-order chi connectivity index (χ1) is 8.79. The van der Waals surface area contributed by atoms with E-state index in [9.17, 15) is 0 Å². The number of anilines is 1. The van der Waals surface area contributed by atoms with E-state index in [0.717, 1.165) is 17.0 Å². The summed E-state index contributed by atoms with van der Waals surface area (Å²) < 4.78 is 0. The number of hydrogen-bond acceptors (Lipinski definition) is 3. The minimum Gasteiger partial charge on any atom is -0.278 e. The Morgan fingerprint density at radius 2 is 1.72 bits per heavy atom. The second kappa shape index (κ2) is 5.65. The number of nitrogens with zero attached hydrogens (tertiary/aromatic N) is 2. The van der Waals surface area contributed by atoms with Crippen molar-refractivity contribution in [3.8, 4) is 6.07 Å². The molecular formula is C15H13N3. The third kappa shape index (κ3) is 2.96. The number of rotatable bonds is 3. The summed E-state index contributed by atoms with van der Waals surface area (Å²) in [6.07, 6.45) is 0. The van der Waals surface area contributed by atoms with Gasteiger partial charge in [0.25, 0.3) is 0 Å². The molecule has 3 nitrogen and oxygen atoms in total. The fraction of sp³-hybridized carbons (Fsp3) is 0.0667. The number of benzene rings is 2. The van der Waals surface area contributed by atoms with Gasteiger partial charge in [-0.25, -0.2) is 0 Å². The van der Waals surface area contributed by atoms with Crippen LogP contribution < -0.4 is 5.43 Å². The van der Waals surface area contributed by atoms with E-state index in [2.05, 4.69) is 16.6 Å². The van der Waals surface area contributed by atoms with Gasteiger partial charge in [-0.2, -0.15) is 10.4 Å². The molecule has 0 bridgehead atoms. The maximum Gasteiger partial charge on any atom is 0.0991 e. The van der Waals surface area contributed by atoms with E-state index < -0.39 is 0 Å². The van der Waals surface area contributed by atoms with Gasteiger partial charge in [0.15, 0.2) is 0 Å². The van der Waals surface area contributed by atoms with E-state index in [0.29, 0.717) is 5.56 Å². The van der Waals surface area contributed by atoms with Crippen LogP contribution in [0.25, 0.3) is 0 Å². The predicted molar refractivity (Wildman–Crippen MR) is 73.4 cm³/mol. The molecular weight excluding hydrogens is 222 g/mol. The lowest BCUT2D eigenvalue weighted by atomic mass is 10.1. The summed E-state index contributed by atoms with van der Waals surface area (Å²) in [5.74, 6) is 0. The summed E-state index contributed by atoms with van der Waals surface area (Å²) in [6.45, 7) is 1.95. The van der Waals surface area contributed by atoms with Crippen LogP contribution in [0.5, 0.6) is 0 Å². The number of nitrogens with one attached hydrogen (secondary N) is 1. The molecule has 0 fully saturated rings. The maximum atomic E-state index is 8.70. The third-order valence-electron chi connectivity index (χ3n) is 2.56. The summed E-state index contributed by atoms with van der Waals surface area (Å²) in [7, 11) is 0. The van der Waals surface area contributed by atoms with Crippen LogP contribution in [0, 0.1) is 11.3 Å². The summed E-state index contributed by atoms with van der Waals surface area (Å²) >= 11 is 0. The zero-order chi connectivity index (χ0) is 12.8. The van der Waals surface area contributed by atoms with E-state index in [4.69, 9.17) is 5.26 Å². The van der Waals surface area contributed by atoms with Gasteiger partial charge in [0.1, 0.15) is 0 Å². The smallest absolute Gasteiger partial charge is 0.0991 e. The van der Waals surface area contributed by atoms with Gasteiger partial charge in [-0.1, -0.05) is 30.3 Å². The lowest BCUT2D eigenvalue weighted by molar-refractivity contribution is 1.32. The molecule has 2 aromatic carbocycles. The molecule has 0 unspecified atom stereocenters. The summed E-state index contributed by atoms with van der Waals surface area (Å²) in [4.78, 5) is 0. The van der Waals surface area contributed by atoms with Crippen LogP contribution in [-0.4, -0.2) is 5.71 Å². The van der Waals surface area contributed by atoms with E-state index in [1.54, 1.807) is 12.1 Å². The van der Waals surface area contributed by atoms with Crippen LogP contribution in [0.1, 0.15) is 18.1 Å². The zero-order valence-corrected chi connectivity index (χ0v) is 10.1. The Kier molecular flexibility index (Phi) is 3.72. The molecule has 1 N–H and O–H groups in total. The van der Waals surface area contributed by atoms with Gasteiger partial charge in [-0.05, 0) is 36.8 Å². The van der Waals surface area contributed by atoms with Crippen LogP contribution in [0.2, 0.25) is 0 Å². The molecule has 0 aliphatic carbocycles. The van der Waals surface area contributed by atoms with Crippen molar-refractivity contribution in [2.45, 2.75) is 6.92 Å². The highest BCUT2D eigenvalue weighted by Gasteiger charge is 1.96. The van der Waals surface area contributed by atoms with E-state index in [-0.39, 0.29) is 0 Å². The second-order valence-corrected chi connectivity index (χ2v) is 3.86. The topological polar surface area (TPSA) is 48.2 Å². The minimum atomic E-state index is 0.643. The van der Waals surface area contributed by atoms with Gasteiger partial charge in [-0.15, -0.1) is 0 Å². The molecule has 2 aromatic rings. The normalized spacial score (nSPS) is 10.8. The average Bonchev–Trinajstić information content (AvgIpc) is 2.46. The van der Waals surface area contributed by atoms with Gasteiger partial charge < -0.3 is 0 Å². The van der Waals surface area contributed by atoms with Crippen molar-refractivity contribution < 1.29 is 0 Å². The highest BCUT2D eigenvalue weighted by atomic mass is 15.3. The predicted octanol–water partition coefficient (Wildman–Crippen LogP) is 3.39. The zero-order valence-electron chi connectivity index (χ0n) is 10.1. The highest BCUT2D eigenvalue weighted by Crippen LogP contribution is 2.09. The molecule has 0 radical (unpaired) electrons. The van der Waals surface area contributed by atoms with Gasteiger partial charge in [0.2, 0.25) is 0 Å². The summed E-state index contributed by atoms with van der Waals surface area (Å²) in [5, 5.41) is 13.0. The lowest BCUT2D eigenvalue weighted by Crippen LogP contribution is -1.99. The van der Waals surface area contributed by atoms with Crippen molar-refractivity contribution in [2.75, 3.05) is 5.43 Å². The quantitative estimate of drug-likeness (QED) is 0.654. The average molecular weight is 235 g/mol. The number of hydrogen-bond donors (Lipinski definition) is 1. The number of hydrazone groups is 1. The van der Waals surface area contributed by atoms with Crippen molar-refractivity contribution in [3.63, 3.8) is 0 Å². The first-order valence-electron chi connectivity index (χ1n) is 5.65. The van der Waals surface area contributed by atoms with Gasteiger partial charge in [-0.3, -0.25) is 5.43 Å². The minimum absolute atomic E-state index is 0.643. The van der Waals surface area contributed by atoms with Crippen LogP contribution >= 0.6 is 0 Å². The largest absolute Gasteiger partial charge is 0.278 e. The molecule has 3 heteroatoms. The monoisotopic (exact) mass is 235 g/mol. The third-order valence-corrected chi connectivity index (χ3v) is 2.56. The van der Waals surface area contributed by atoms with Crippen LogP contribution in [0.3, 0.4) is 0 Å². The molecule has 0 heterocycles. The van der Waals surface area contributed by atoms with Gasteiger partial charge in [0.05, 0.1) is 23.0 Å². The first-order valence-corrected chi connectivity index (χ1v) is 5.65. The van der Waals surface area contributed by atoms with Crippen LogP contribution in [0.4, 0.5) is 5.69 Å². The van der Waals surface area contributed by atoms with Crippen molar-refractivity contribution in [1.29, 1.82) is 5.26 Å². The van der Waals surface area contributed by atoms with E-state index in [1.165, 1.54) is 0 Å². The fourth-order valence-electron chi connectivity index (χ4n) is 1.51. The standard InChI is InChI=1S/C15H13N3/c1-12(14-5-3-2-4-6-14)17-18-15-9-7-13(11-16)8-10-15/h2-10,18H,1H3. The Morgan fingerprint density at radius 3 is 2.33 bits per heavy atom. The van der Waals surface area contributed by atoms with Crippen molar-refractivity contribution >= 4 is 11.4 Å². The molecule has 2 rings (SSSR count). The Morgan fingerprint density at radius 1 is 1.06 bits per heavy atom. The SMILES string of the molecule is CC(=NNc1ccc(C#N)cc1)c1ccccc1. The molecule has 0 aliphatic heterocycles. The molecule has 18 heavy (non-hydrogen) atoms. The molecule has 0 saturated carbocycles. The maximum absolute atomic E-state index is 8.70. The second-order valence-electron chi connectivity index (χ2n) is 3.86. The lowest BCUT2D eigenvalue weighted by Gasteiger charge is -2.03. The van der Waals surface area contributed by atoms with Gasteiger partial charge >= 0.3 is 0 Å². The van der Waals surface area contributed by atoms with Crippen molar-refractivity contribution in [1.82, 2.24) is 0 Å². The van der Waals surface area contributed by atoms with E-state index in [1.807, 2.05) is 49.4 Å². The molecule has 0 atom stereocenters. The summed E-state index contributed by atoms with van der Waals surface area (Å²) in [6, 6.07) is 19.2. The first kappa shape index (κ1) is 11.9. The Balaban J connectivity index is 2.08. The van der Waals surface area contributed by atoms with Crippen LogP contribution in [0.15, 0.2) is 59.7 Å². The molecule has 88 valence electrons.